The van der Waals surface area contributed by atoms with Gasteiger partial charge in [-0.05, 0) is 6.42 Å². The van der Waals surface area contributed by atoms with E-state index in [1.165, 1.54) is 0 Å². The maximum absolute atomic E-state index is 12.2. The minimum absolute atomic E-state index is 0.0521. The van der Waals surface area contributed by atoms with Gasteiger partial charge in [-0.25, -0.2) is 13.2 Å². The molecule has 9 heavy (non-hydrogen) atoms. The second-order valence-electron chi connectivity index (χ2n) is 2.21. The van der Waals surface area contributed by atoms with Gasteiger partial charge < -0.3 is 0 Å². The van der Waals surface area contributed by atoms with E-state index in [-0.39, 0.29) is 6.42 Å². The molecule has 0 aromatic carbocycles. The van der Waals surface area contributed by atoms with E-state index in [4.69, 9.17) is 0 Å². The second-order valence-corrected chi connectivity index (χ2v) is 2.21. The van der Waals surface area contributed by atoms with Gasteiger partial charge in [-0.1, -0.05) is 13.3 Å². The lowest BCUT2D eigenvalue weighted by atomic mass is 10.1. The minimum atomic E-state index is -3.16. The molecule has 0 N–H and O–H groups in total. The molecule has 3 heteroatoms. The SMILES string of the molecule is CCC[C@H](F)C(C)(F)F. The van der Waals surface area contributed by atoms with Gasteiger partial charge >= 0.3 is 0 Å². The lowest BCUT2D eigenvalue weighted by Gasteiger charge is -2.13. The Balaban J connectivity index is 3.59. The highest BCUT2D eigenvalue weighted by molar-refractivity contribution is 4.69. The van der Waals surface area contributed by atoms with Crippen LogP contribution < -0.4 is 0 Å². The quantitative estimate of drug-likeness (QED) is 0.565. The summed E-state index contributed by atoms with van der Waals surface area (Å²) in [6.45, 7) is 2.28. The molecule has 0 aromatic rings. The Labute approximate surface area is 53.1 Å². The summed E-state index contributed by atoms with van der Waals surface area (Å²) >= 11 is 0. The lowest BCUT2D eigenvalue weighted by Crippen LogP contribution is -2.25. The summed E-state index contributed by atoms with van der Waals surface area (Å²) < 4.78 is 36.0. The van der Waals surface area contributed by atoms with Crippen molar-refractivity contribution in [3.05, 3.63) is 0 Å². The third kappa shape index (κ3) is 3.38. The number of alkyl halides is 3. The molecule has 0 amide bonds. The highest BCUT2D eigenvalue weighted by Crippen LogP contribution is 2.23. The van der Waals surface area contributed by atoms with Crippen LogP contribution in [-0.2, 0) is 0 Å². The van der Waals surface area contributed by atoms with Crippen molar-refractivity contribution in [2.45, 2.75) is 38.8 Å². The van der Waals surface area contributed by atoms with Crippen LogP contribution >= 0.6 is 0 Å². The van der Waals surface area contributed by atoms with Crippen LogP contribution in [0.4, 0.5) is 13.2 Å². The third-order valence-electron chi connectivity index (χ3n) is 1.09. The van der Waals surface area contributed by atoms with E-state index in [0.717, 1.165) is 0 Å². The van der Waals surface area contributed by atoms with E-state index in [0.29, 0.717) is 13.3 Å². The first-order chi connectivity index (χ1) is 3.98. The molecule has 0 fully saturated rings. The molecule has 0 saturated carbocycles. The molecule has 0 rings (SSSR count). The van der Waals surface area contributed by atoms with Gasteiger partial charge in [0.1, 0.15) is 0 Å². The van der Waals surface area contributed by atoms with Gasteiger partial charge in [0.15, 0.2) is 6.17 Å². The first kappa shape index (κ1) is 8.79. The van der Waals surface area contributed by atoms with Crippen molar-refractivity contribution in [1.29, 1.82) is 0 Å². The Morgan fingerprint density at radius 3 is 2.00 bits per heavy atom. The standard InChI is InChI=1S/C6H11F3/c1-3-4-5(7)6(2,8)9/h5H,3-4H2,1-2H3/t5-/m0/s1. The van der Waals surface area contributed by atoms with E-state index in [2.05, 4.69) is 0 Å². The number of hydrogen-bond donors (Lipinski definition) is 0. The molecule has 1 atom stereocenters. The van der Waals surface area contributed by atoms with Crippen LogP contribution in [0, 0.1) is 0 Å². The van der Waals surface area contributed by atoms with Crippen LogP contribution in [-0.4, -0.2) is 12.1 Å². The Hall–Kier alpha value is -0.210. The van der Waals surface area contributed by atoms with Crippen molar-refractivity contribution in [3.8, 4) is 0 Å². The molecule has 0 heterocycles. The zero-order valence-electron chi connectivity index (χ0n) is 5.63. The average molecular weight is 140 g/mol. The molecule has 0 aliphatic heterocycles. The van der Waals surface area contributed by atoms with Gasteiger partial charge in [0, 0.05) is 6.92 Å². The molecular formula is C6H11F3. The zero-order chi connectivity index (χ0) is 7.49. The van der Waals surface area contributed by atoms with Crippen molar-refractivity contribution >= 4 is 0 Å². The van der Waals surface area contributed by atoms with E-state index in [9.17, 15) is 13.2 Å². The fourth-order valence-corrected chi connectivity index (χ4v) is 0.507. The minimum Gasteiger partial charge on any atom is -0.241 e. The highest BCUT2D eigenvalue weighted by atomic mass is 19.3. The molecule has 56 valence electrons. The van der Waals surface area contributed by atoms with Crippen molar-refractivity contribution in [1.82, 2.24) is 0 Å². The summed E-state index contributed by atoms with van der Waals surface area (Å²) in [5.41, 5.74) is 0. The zero-order valence-corrected chi connectivity index (χ0v) is 5.63. The Bertz CT molecular complexity index is 74.9. The largest absolute Gasteiger partial charge is 0.275 e. The smallest absolute Gasteiger partial charge is 0.241 e. The molecule has 0 spiro atoms. The van der Waals surface area contributed by atoms with Crippen molar-refractivity contribution in [2.24, 2.45) is 0 Å². The van der Waals surface area contributed by atoms with E-state index in [1.54, 1.807) is 6.92 Å². The van der Waals surface area contributed by atoms with Gasteiger partial charge in [-0.15, -0.1) is 0 Å². The predicted molar refractivity (Wildman–Crippen MR) is 30.4 cm³/mol. The van der Waals surface area contributed by atoms with Crippen LogP contribution in [0.2, 0.25) is 0 Å². The topological polar surface area (TPSA) is 0 Å². The molecule has 0 saturated heterocycles. The highest BCUT2D eigenvalue weighted by Gasteiger charge is 2.32. The number of rotatable bonds is 3. The Morgan fingerprint density at radius 2 is 1.89 bits per heavy atom. The normalized spacial score (nSPS) is 15.7. The van der Waals surface area contributed by atoms with Crippen molar-refractivity contribution < 1.29 is 13.2 Å². The van der Waals surface area contributed by atoms with Gasteiger partial charge in [-0.3, -0.25) is 0 Å². The van der Waals surface area contributed by atoms with Crippen molar-refractivity contribution in [3.63, 3.8) is 0 Å². The first-order valence-electron chi connectivity index (χ1n) is 3.00. The number of halogens is 3. The third-order valence-corrected chi connectivity index (χ3v) is 1.09. The molecule has 0 bridgehead atoms. The molecule has 0 aromatic heterocycles. The van der Waals surface area contributed by atoms with Gasteiger partial charge in [0.2, 0.25) is 0 Å². The van der Waals surface area contributed by atoms with Crippen LogP contribution in [0.15, 0.2) is 0 Å². The lowest BCUT2D eigenvalue weighted by molar-refractivity contribution is -0.0579. The molecule has 0 unspecified atom stereocenters. The average Bonchev–Trinajstić information content (AvgIpc) is 1.64. The Morgan fingerprint density at radius 1 is 1.44 bits per heavy atom. The van der Waals surface area contributed by atoms with Crippen LogP contribution in [0.3, 0.4) is 0 Å². The maximum atomic E-state index is 12.2. The van der Waals surface area contributed by atoms with E-state index in [1.807, 2.05) is 0 Å². The van der Waals surface area contributed by atoms with Crippen LogP contribution in [0.5, 0.6) is 0 Å². The predicted octanol–water partition coefficient (Wildman–Crippen LogP) is 2.78. The van der Waals surface area contributed by atoms with Crippen molar-refractivity contribution in [2.75, 3.05) is 0 Å². The molecule has 0 aliphatic rings. The summed E-state index contributed by atoms with van der Waals surface area (Å²) in [7, 11) is 0. The first-order valence-corrected chi connectivity index (χ1v) is 3.00. The monoisotopic (exact) mass is 140 g/mol. The molecule has 0 nitrogen and oxygen atoms in total. The van der Waals surface area contributed by atoms with Gasteiger partial charge in [-0.2, -0.15) is 0 Å². The van der Waals surface area contributed by atoms with Gasteiger partial charge in [0.05, 0.1) is 0 Å². The summed E-state index contributed by atoms with van der Waals surface area (Å²) in [6, 6.07) is 0. The van der Waals surface area contributed by atoms with Gasteiger partial charge in [0.25, 0.3) is 5.92 Å². The second kappa shape index (κ2) is 3.08. The summed E-state index contributed by atoms with van der Waals surface area (Å²) in [5, 5.41) is 0. The summed E-state index contributed by atoms with van der Waals surface area (Å²) in [5.74, 6) is -3.16. The maximum Gasteiger partial charge on any atom is 0.275 e. The number of hydrogen-bond acceptors (Lipinski definition) is 0. The summed E-state index contributed by atoms with van der Waals surface area (Å²) in [4.78, 5) is 0. The Kier molecular flexibility index (Phi) is 3.01. The van der Waals surface area contributed by atoms with E-state index < -0.39 is 12.1 Å². The molecular weight excluding hydrogens is 129 g/mol. The van der Waals surface area contributed by atoms with Crippen LogP contribution in [0.25, 0.3) is 0 Å². The molecule has 0 aliphatic carbocycles. The summed E-state index contributed by atoms with van der Waals surface area (Å²) in [6.07, 6.45) is -1.56. The van der Waals surface area contributed by atoms with Crippen LogP contribution in [0.1, 0.15) is 26.7 Å². The van der Waals surface area contributed by atoms with E-state index >= 15 is 0 Å². The fraction of sp³-hybridized carbons (Fsp3) is 1.00. The molecule has 0 radical (unpaired) electrons. The fourth-order valence-electron chi connectivity index (χ4n) is 0.507.